The summed E-state index contributed by atoms with van der Waals surface area (Å²) in [6.07, 6.45) is 2.42. The molecule has 0 spiro atoms. The van der Waals surface area contributed by atoms with E-state index < -0.39 is 0 Å². The number of benzene rings is 2. The van der Waals surface area contributed by atoms with Crippen molar-refractivity contribution in [2.45, 2.75) is 32.3 Å². The molecule has 1 atom stereocenters. The van der Waals surface area contributed by atoms with Gasteiger partial charge >= 0.3 is 5.97 Å². The van der Waals surface area contributed by atoms with Gasteiger partial charge in [-0.05, 0) is 42.5 Å². The number of fused-ring (bicyclic) bond motifs is 1. The second kappa shape index (κ2) is 7.18. The molecule has 120 valence electrons. The fourth-order valence-corrected chi connectivity index (χ4v) is 2.74. The Labute approximate surface area is 136 Å². The van der Waals surface area contributed by atoms with Gasteiger partial charge in [0.2, 0.25) is 6.79 Å². The van der Waals surface area contributed by atoms with Crippen LogP contribution in [0.2, 0.25) is 0 Å². The molecular weight excluding hydrogens is 292 g/mol. The van der Waals surface area contributed by atoms with Crippen LogP contribution in [0.15, 0.2) is 48.5 Å². The number of ether oxygens (including phenoxy) is 3. The Morgan fingerprint density at radius 2 is 1.91 bits per heavy atom. The average Bonchev–Trinajstić information content (AvgIpc) is 3.02. The van der Waals surface area contributed by atoms with Crippen LogP contribution in [0.4, 0.5) is 0 Å². The quantitative estimate of drug-likeness (QED) is 0.755. The third-order valence-corrected chi connectivity index (χ3v) is 3.85. The van der Waals surface area contributed by atoms with E-state index in [4.69, 9.17) is 14.2 Å². The van der Waals surface area contributed by atoms with E-state index in [1.807, 2.05) is 36.4 Å². The van der Waals surface area contributed by atoms with E-state index >= 15 is 0 Å². The lowest BCUT2D eigenvalue weighted by Crippen LogP contribution is -2.09. The first-order chi connectivity index (χ1) is 11.2. The predicted octanol–water partition coefficient (Wildman–Crippen LogP) is 4.04. The molecule has 0 N–H and O–H groups in total. The summed E-state index contributed by atoms with van der Waals surface area (Å²) in [6.45, 7) is 1.68. The maximum Gasteiger partial charge on any atom is 0.303 e. The summed E-state index contributed by atoms with van der Waals surface area (Å²) in [5.41, 5.74) is 2.23. The number of carbonyl (C=O) groups excluding carboxylic acids is 1. The number of carbonyl (C=O) groups is 1. The number of hydrogen-bond acceptors (Lipinski definition) is 4. The summed E-state index contributed by atoms with van der Waals surface area (Å²) in [5, 5.41) is 0. The van der Waals surface area contributed by atoms with Gasteiger partial charge in [0.1, 0.15) is 6.10 Å². The zero-order chi connectivity index (χ0) is 16.1. The second-order valence-corrected chi connectivity index (χ2v) is 5.59. The Bertz CT molecular complexity index is 666. The fourth-order valence-electron chi connectivity index (χ4n) is 2.74. The molecule has 0 aliphatic carbocycles. The SMILES string of the molecule is CC(=O)OC(CCCc1ccccc1)c1ccc2c(c1)OCO2. The predicted molar refractivity (Wildman–Crippen MR) is 86.5 cm³/mol. The van der Waals surface area contributed by atoms with Crippen molar-refractivity contribution >= 4 is 5.97 Å². The van der Waals surface area contributed by atoms with Gasteiger partial charge in [-0.15, -0.1) is 0 Å². The monoisotopic (exact) mass is 312 g/mol. The van der Waals surface area contributed by atoms with Gasteiger partial charge in [0.15, 0.2) is 11.5 Å². The van der Waals surface area contributed by atoms with Gasteiger partial charge in [-0.2, -0.15) is 0 Å². The van der Waals surface area contributed by atoms with Gasteiger partial charge < -0.3 is 14.2 Å². The maximum atomic E-state index is 11.4. The van der Waals surface area contributed by atoms with Crippen LogP contribution >= 0.6 is 0 Å². The van der Waals surface area contributed by atoms with Crippen molar-refractivity contribution in [2.24, 2.45) is 0 Å². The summed E-state index contributed by atoms with van der Waals surface area (Å²) in [6, 6.07) is 16.0. The molecule has 1 unspecified atom stereocenters. The van der Waals surface area contributed by atoms with Crippen LogP contribution in [-0.2, 0) is 16.0 Å². The van der Waals surface area contributed by atoms with Crippen molar-refractivity contribution < 1.29 is 19.0 Å². The van der Waals surface area contributed by atoms with E-state index in [2.05, 4.69) is 12.1 Å². The first-order valence-electron chi connectivity index (χ1n) is 7.83. The lowest BCUT2D eigenvalue weighted by molar-refractivity contribution is -0.147. The van der Waals surface area contributed by atoms with Gasteiger partial charge in [0.05, 0.1) is 0 Å². The fraction of sp³-hybridized carbons (Fsp3) is 0.316. The lowest BCUT2D eigenvalue weighted by atomic mass is 10.0. The topological polar surface area (TPSA) is 44.8 Å². The summed E-state index contributed by atoms with van der Waals surface area (Å²) < 4.78 is 16.2. The first kappa shape index (κ1) is 15.4. The number of esters is 1. The van der Waals surface area contributed by atoms with Crippen LogP contribution in [0.5, 0.6) is 11.5 Å². The van der Waals surface area contributed by atoms with E-state index in [1.165, 1.54) is 12.5 Å². The number of rotatable bonds is 6. The molecule has 0 radical (unpaired) electrons. The van der Waals surface area contributed by atoms with Crippen LogP contribution in [0.1, 0.15) is 37.0 Å². The van der Waals surface area contributed by atoms with Crippen molar-refractivity contribution in [2.75, 3.05) is 6.79 Å². The van der Waals surface area contributed by atoms with E-state index in [1.54, 1.807) is 0 Å². The van der Waals surface area contributed by atoms with Crippen molar-refractivity contribution in [3.05, 3.63) is 59.7 Å². The minimum Gasteiger partial charge on any atom is -0.458 e. The van der Waals surface area contributed by atoms with Crippen LogP contribution in [-0.4, -0.2) is 12.8 Å². The molecule has 1 aliphatic heterocycles. The molecule has 0 bridgehead atoms. The zero-order valence-corrected chi connectivity index (χ0v) is 13.2. The molecule has 1 aliphatic rings. The molecular formula is C19H20O4. The maximum absolute atomic E-state index is 11.4. The Hall–Kier alpha value is -2.49. The van der Waals surface area contributed by atoms with Gasteiger partial charge in [-0.1, -0.05) is 36.4 Å². The molecule has 23 heavy (non-hydrogen) atoms. The molecule has 0 saturated heterocycles. The van der Waals surface area contributed by atoms with Crippen LogP contribution in [0.25, 0.3) is 0 Å². The smallest absolute Gasteiger partial charge is 0.303 e. The summed E-state index contributed by atoms with van der Waals surface area (Å²) in [7, 11) is 0. The molecule has 0 fully saturated rings. The summed E-state index contributed by atoms with van der Waals surface area (Å²) in [4.78, 5) is 11.4. The molecule has 2 aromatic rings. The molecule has 1 heterocycles. The van der Waals surface area contributed by atoms with E-state index in [0.717, 1.165) is 30.6 Å². The Morgan fingerprint density at radius 1 is 1.13 bits per heavy atom. The minimum atomic E-state index is -0.271. The molecule has 3 rings (SSSR count). The molecule has 0 aromatic heterocycles. The normalized spacial score (nSPS) is 13.6. The Kier molecular flexibility index (Phi) is 4.81. The molecule has 0 amide bonds. The van der Waals surface area contributed by atoms with E-state index in [0.29, 0.717) is 5.75 Å². The van der Waals surface area contributed by atoms with Crippen molar-refractivity contribution in [3.63, 3.8) is 0 Å². The largest absolute Gasteiger partial charge is 0.458 e. The van der Waals surface area contributed by atoms with Crippen LogP contribution < -0.4 is 9.47 Å². The standard InChI is InChI=1S/C19H20O4/c1-14(20)23-17(9-5-8-15-6-3-2-4-7-15)16-10-11-18-19(12-16)22-13-21-18/h2-4,6-7,10-12,17H,5,8-9,13H2,1H3. The van der Waals surface area contributed by atoms with Crippen LogP contribution in [0.3, 0.4) is 0 Å². The van der Waals surface area contributed by atoms with E-state index in [-0.39, 0.29) is 18.9 Å². The number of hydrogen-bond donors (Lipinski definition) is 0. The zero-order valence-electron chi connectivity index (χ0n) is 13.2. The summed E-state index contributed by atoms with van der Waals surface area (Å²) >= 11 is 0. The highest BCUT2D eigenvalue weighted by atomic mass is 16.7. The van der Waals surface area contributed by atoms with Gasteiger partial charge in [-0.25, -0.2) is 0 Å². The lowest BCUT2D eigenvalue weighted by Gasteiger charge is -2.18. The Morgan fingerprint density at radius 3 is 2.70 bits per heavy atom. The summed E-state index contributed by atoms with van der Waals surface area (Å²) in [5.74, 6) is 1.18. The Balaban J connectivity index is 1.66. The van der Waals surface area contributed by atoms with E-state index in [9.17, 15) is 4.79 Å². The molecule has 4 nitrogen and oxygen atoms in total. The third kappa shape index (κ3) is 4.03. The molecule has 0 saturated carbocycles. The van der Waals surface area contributed by atoms with Gasteiger partial charge in [-0.3, -0.25) is 4.79 Å². The molecule has 4 heteroatoms. The van der Waals surface area contributed by atoms with Crippen LogP contribution in [0, 0.1) is 0 Å². The number of aryl methyl sites for hydroxylation is 1. The highest BCUT2D eigenvalue weighted by molar-refractivity contribution is 5.66. The van der Waals surface area contributed by atoms with Crippen molar-refractivity contribution in [3.8, 4) is 11.5 Å². The van der Waals surface area contributed by atoms with Gasteiger partial charge in [0.25, 0.3) is 0 Å². The van der Waals surface area contributed by atoms with Gasteiger partial charge in [0, 0.05) is 6.92 Å². The van der Waals surface area contributed by atoms with Crippen molar-refractivity contribution in [1.29, 1.82) is 0 Å². The second-order valence-electron chi connectivity index (χ2n) is 5.59. The minimum absolute atomic E-state index is 0.241. The highest BCUT2D eigenvalue weighted by Gasteiger charge is 2.19. The first-order valence-corrected chi connectivity index (χ1v) is 7.83. The van der Waals surface area contributed by atoms with Crippen molar-refractivity contribution in [1.82, 2.24) is 0 Å². The third-order valence-electron chi connectivity index (χ3n) is 3.85. The molecule has 2 aromatic carbocycles. The highest BCUT2D eigenvalue weighted by Crippen LogP contribution is 2.36. The average molecular weight is 312 g/mol.